The number of benzene rings is 1. The number of methoxy groups -OCH3 is 1. The number of ether oxygens (including phenoxy) is 2. The van der Waals surface area contributed by atoms with E-state index in [1.54, 1.807) is 19.1 Å². The molecule has 0 heterocycles. The van der Waals surface area contributed by atoms with Gasteiger partial charge in [-0.15, -0.1) is 0 Å². The molecule has 108 valence electrons. The van der Waals surface area contributed by atoms with Crippen LogP contribution in [0.15, 0.2) is 16.6 Å². The van der Waals surface area contributed by atoms with Crippen molar-refractivity contribution < 1.29 is 23.0 Å². The van der Waals surface area contributed by atoms with Crippen LogP contribution in [0.1, 0.15) is 12.5 Å². The monoisotopic (exact) mass is 352 g/mol. The first-order valence-corrected chi connectivity index (χ1v) is 8.35. The summed E-state index contributed by atoms with van der Waals surface area (Å²) in [5.41, 5.74) is 0.678. The van der Waals surface area contributed by atoms with Gasteiger partial charge in [0.1, 0.15) is 6.61 Å². The second kappa shape index (κ2) is 7.12. The molecule has 0 spiro atoms. The van der Waals surface area contributed by atoms with Crippen LogP contribution in [-0.2, 0) is 16.4 Å². The molecule has 5 nitrogen and oxygen atoms in total. The minimum absolute atomic E-state index is 0.0408. The second-order valence-electron chi connectivity index (χ2n) is 3.85. The molecule has 0 saturated carbocycles. The fourth-order valence-corrected chi connectivity index (χ4v) is 2.65. The van der Waals surface area contributed by atoms with Crippen LogP contribution in [0.5, 0.6) is 11.5 Å². The maximum atomic E-state index is 11.4. The molecular formula is C12H17BrO5S. The van der Waals surface area contributed by atoms with E-state index >= 15 is 0 Å². The lowest BCUT2D eigenvalue weighted by molar-refractivity contribution is 0.278. The molecule has 0 atom stereocenters. The lowest BCUT2D eigenvalue weighted by Crippen LogP contribution is -2.16. The van der Waals surface area contributed by atoms with Crippen molar-refractivity contribution in [2.45, 2.75) is 13.5 Å². The van der Waals surface area contributed by atoms with E-state index in [1.807, 2.05) is 0 Å². The first-order valence-electron chi connectivity index (χ1n) is 5.74. The van der Waals surface area contributed by atoms with E-state index in [9.17, 15) is 8.42 Å². The highest BCUT2D eigenvalue weighted by molar-refractivity contribution is 9.10. The zero-order valence-corrected chi connectivity index (χ0v) is 13.3. The van der Waals surface area contributed by atoms with Crippen LogP contribution >= 0.6 is 15.9 Å². The van der Waals surface area contributed by atoms with Crippen molar-refractivity contribution >= 4 is 25.8 Å². The standard InChI is InChI=1S/C12H17BrO5S/c1-3-19(15,16)5-4-18-12-10(13)6-9(8-14)7-11(12)17-2/h6-7,14H,3-5,8H2,1-2H3. The van der Waals surface area contributed by atoms with Gasteiger partial charge in [-0.1, -0.05) is 6.92 Å². The van der Waals surface area contributed by atoms with Crippen molar-refractivity contribution in [3.63, 3.8) is 0 Å². The summed E-state index contributed by atoms with van der Waals surface area (Å²) in [6.07, 6.45) is 0. The van der Waals surface area contributed by atoms with Crippen LogP contribution in [-0.4, -0.2) is 38.7 Å². The van der Waals surface area contributed by atoms with Gasteiger partial charge in [0.15, 0.2) is 21.3 Å². The first-order chi connectivity index (χ1) is 8.93. The zero-order chi connectivity index (χ0) is 14.5. The lowest BCUT2D eigenvalue weighted by Gasteiger charge is -2.13. The van der Waals surface area contributed by atoms with Crippen LogP contribution in [0.2, 0.25) is 0 Å². The van der Waals surface area contributed by atoms with Crippen molar-refractivity contribution in [1.82, 2.24) is 0 Å². The fraction of sp³-hybridized carbons (Fsp3) is 0.500. The number of aliphatic hydroxyl groups excluding tert-OH is 1. The molecule has 0 unspecified atom stereocenters. The highest BCUT2D eigenvalue weighted by atomic mass is 79.9. The van der Waals surface area contributed by atoms with Crippen molar-refractivity contribution in [3.05, 3.63) is 22.2 Å². The highest BCUT2D eigenvalue weighted by Gasteiger charge is 2.13. The summed E-state index contributed by atoms with van der Waals surface area (Å²) in [6, 6.07) is 3.35. The third-order valence-corrected chi connectivity index (χ3v) is 4.81. The summed E-state index contributed by atoms with van der Waals surface area (Å²) in [5, 5.41) is 9.09. The van der Waals surface area contributed by atoms with Crippen LogP contribution in [0.25, 0.3) is 0 Å². The predicted molar refractivity (Wildman–Crippen MR) is 76.4 cm³/mol. The number of hydrogen-bond donors (Lipinski definition) is 1. The maximum Gasteiger partial charge on any atom is 0.175 e. The van der Waals surface area contributed by atoms with E-state index in [2.05, 4.69) is 15.9 Å². The number of aliphatic hydroxyl groups is 1. The minimum atomic E-state index is -3.06. The smallest absolute Gasteiger partial charge is 0.175 e. The maximum absolute atomic E-state index is 11.4. The van der Waals surface area contributed by atoms with E-state index in [4.69, 9.17) is 14.6 Å². The van der Waals surface area contributed by atoms with Gasteiger partial charge in [-0.05, 0) is 33.6 Å². The molecule has 0 fully saturated rings. The van der Waals surface area contributed by atoms with Crippen LogP contribution < -0.4 is 9.47 Å². The molecule has 19 heavy (non-hydrogen) atoms. The Labute approximate surface area is 121 Å². The molecule has 0 bridgehead atoms. The molecule has 0 aliphatic carbocycles. The summed E-state index contributed by atoms with van der Waals surface area (Å²) in [4.78, 5) is 0. The molecule has 1 aromatic carbocycles. The third kappa shape index (κ3) is 4.67. The Balaban J connectivity index is 2.83. The van der Waals surface area contributed by atoms with Gasteiger partial charge in [-0.25, -0.2) is 8.42 Å². The molecule has 0 aromatic heterocycles. The topological polar surface area (TPSA) is 72.8 Å². The van der Waals surface area contributed by atoms with Gasteiger partial charge in [0.2, 0.25) is 0 Å². The summed E-state index contributed by atoms with van der Waals surface area (Å²) in [5.74, 6) is 0.942. The SMILES string of the molecule is CCS(=O)(=O)CCOc1c(Br)cc(CO)cc1OC. The third-order valence-electron chi connectivity index (χ3n) is 2.55. The molecule has 1 aromatic rings. The first kappa shape index (κ1) is 16.3. The molecule has 0 aliphatic rings. The molecule has 1 N–H and O–H groups in total. The van der Waals surface area contributed by atoms with E-state index in [0.29, 0.717) is 21.5 Å². The minimum Gasteiger partial charge on any atom is -0.493 e. The summed E-state index contributed by atoms with van der Waals surface area (Å²) < 4.78 is 34.0. The van der Waals surface area contributed by atoms with Gasteiger partial charge in [0, 0.05) is 5.75 Å². The van der Waals surface area contributed by atoms with Crippen LogP contribution in [0.4, 0.5) is 0 Å². The summed E-state index contributed by atoms with van der Waals surface area (Å²) in [6.45, 7) is 1.55. The van der Waals surface area contributed by atoms with E-state index in [0.717, 1.165) is 0 Å². The zero-order valence-electron chi connectivity index (χ0n) is 10.8. The molecule has 0 saturated heterocycles. The van der Waals surface area contributed by atoms with Gasteiger partial charge >= 0.3 is 0 Å². The summed E-state index contributed by atoms with van der Waals surface area (Å²) >= 11 is 3.31. The average Bonchev–Trinajstić information content (AvgIpc) is 2.39. The Morgan fingerprint density at radius 3 is 2.58 bits per heavy atom. The normalized spacial score (nSPS) is 11.4. The van der Waals surface area contributed by atoms with Crippen molar-refractivity contribution in [2.75, 3.05) is 25.2 Å². The van der Waals surface area contributed by atoms with Gasteiger partial charge in [-0.2, -0.15) is 0 Å². The molecule has 0 amide bonds. The highest BCUT2D eigenvalue weighted by Crippen LogP contribution is 2.36. The Hall–Kier alpha value is -0.790. The van der Waals surface area contributed by atoms with Crippen molar-refractivity contribution in [2.24, 2.45) is 0 Å². The Kier molecular flexibility index (Phi) is 6.09. The van der Waals surface area contributed by atoms with Crippen LogP contribution in [0, 0.1) is 0 Å². The lowest BCUT2D eigenvalue weighted by atomic mass is 10.2. The number of rotatable bonds is 7. The fourth-order valence-electron chi connectivity index (χ4n) is 1.42. The second-order valence-corrected chi connectivity index (χ2v) is 7.18. The summed E-state index contributed by atoms with van der Waals surface area (Å²) in [7, 11) is -1.57. The van der Waals surface area contributed by atoms with Gasteiger partial charge in [0.25, 0.3) is 0 Å². The van der Waals surface area contributed by atoms with Crippen LogP contribution in [0.3, 0.4) is 0 Å². The number of hydrogen-bond acceptors (Lipinski definition) is 5. The Bertz CT molecular complexity index is 527. The largest absolute Gasteiger partial charge is 0.493 e. The Morgan fingerprint density at radius 1 is 1.37 bits per heavy atom. The Morgan fingerprint density at radius 2 is 2.05 bits per heavy atom. The molecule has 1 rings (SSSR count). The molecule has 0 aliphatic heterocycles. The average molecular weight is 353 g/mol. The van der Waals surface area contributed by atoms with Crippen molar-refractivity contribution in [3.8, 4) is 11.5 Å². The molecule has 0 radical (unpaired) electrons. The van der Waals surface area contributed by atoms with E-state index in [-0.39, 0.29) is 24.7 Å². The van der Waals surface area contributed by atoms with Gasteiger partial charge < -0.3 is 14.6 Å². The number of halogens is 1. The quantitative estimate of drug-likeness (QED) is 0.809. The van der Waals surface area contributed by atoms with Crippen molar-refractivity contribution in [1.29, 1.82) is 0 Å². The number of sulfone groups is 1. The van der Waals surface area contributed by atoms with Gasteiger partial charge in [0.05, 0.1) is 23.9 Å². The molecular weight excluding hydrogens is 336 g/mol. The molecule has 7 heteroatoms. The predicted octanol–water partition coefficient (Wildman–Crippen LogP) is 1.76. The van der Waals surface area contributed by atoms with Gasteiger partial charge in [-0.3, -0.25) is 0 Å². The van der Waals surface area contributed by atoms with E-state index < -0.39 is 9.84 Å². The van der Waals surface area contributed by atoms with E-state index in [1.165, 1.54) is 7.11 Å².